The Bertz CT molecular complexity index is 96.4. The van der Waals surface area contributed by atoms with E-state index in [4.69, 9.17) is 4.84 Å². The Morgan fingerprint density at radius 2 is 2.11 bits per heavy atom. The second-order valence-electron chi connectivity index (χ2n) is 2.48. The van der Waals surface area contributed by atoms with Gasteiger partial charge in [0, 0.05) is 19.1 Å². The van der Waals surface area contributed by atoms with Crippen molar-refractivity contribution in [2.45, 2.75) is 12.1 Å². The standard InChI is InChI=1S/C5H11N3O/c1-4-5(2-6-1)8-9-3-7-4/h4-8H,1-3H2. The maximum atomic E-state index is 4.98. The number of hydrogen-bond donors (Lipinski definition) is 3. The van der Waals surface area contributed by atoms with Crippen LogP contribution in [0.3, 0.4) is 0 Å². The third kappa shape index (κ3) is 0.943. The van der Waals surface area contributed by atoms with Crippen LogP contribution in [0, 0.1) is 0 Å². The highest BCUT2D eigenvalue weighted by Crippen LogP contribution is 2.02. The first kappa shape index (κ1) is 5.61. The van der Waals surface area contributed by atoms with Crippen LogP contribution in [0.25, 0.3) is 0 Å². The highest BCUT2D eigenvalue weighted by Gasteiger charge is 2.29. The summed E-state index contributed by atoms with van der Waals surface area (Å²) in [5, 5.41) is 6.49. The minimum Gasteiger partial charge on any atom is -0.313 e. The smallest absolute Gasteiger partial charge is 0.119 e. The molecule has 0 saturated carbocycles. The largest absolute Gasteiger partial charge is 0.313 e. The zero-order valence-electron chi connectivity index (χ0n) is 5.18. The SMILES string of the molecule is C1NC2CNCC2NO1. The third-order valence-electron chi connectivity index (χ3n) is 1.87. The molecule has 9 heavy (non-hydrogen) atoms. The van der Waals surface area contributed by atoms with Crippen LogP contribution in [0.5, 0.6) is 0 Å². The van der Waals surface area contributed by atoms with E-state index in [0.717, 1.165) is 13.1 Å². The van der Waals surface area contributed by atoms with Crippen molar-refractivity contribution in [3.05, 3.63) is 0 Å². The maximum Gasteiger partial charge on any atom is 0.119 e. The molecule has 0 amide bonds. The highest BCUT2D eigenvalue weighted by molar-refractivity contribution is 4.90. The second kappa shape index (κ2) is 2.22. The molecule has 3 N–H and O–H groups in total. The molecule has 0 aromatic rings. The zero-order valence-corrected chi connectivity index (χ0v) is 5.18. The lowest BCUT2D eigenvalue weighted by Gasteiger charge is -2.26. The van der Waals surface area contributed by atoms with Crippen molar-refractivity contribution in [1.82, 2.24) is 16.1 Å². The number of hydroxylamine groups is 1. The zero-order chi connectivity index (χ0) is 6.10. The summed E-state index contributed by atoms with van der Waals surface area (Å²) in [6.45, 7) is 2.70. The molecule has 4 nitrogen and oxygen atoms in total. The minimum atomic E-state index is 0.471. The van der Waals surface area contributed by atoms with Crippen LogP contribution < -0.4 is 16.1 Å². The van der Waals surface area contributed by atoms with E-state index in [-0.39, 0.29) is 0 Å². The molecule has 0 aliphatic carbocycles. The molecule has 0 aromatic carbocycles. The van der Waals surface area contributed by atoms with E-state index in [1.54, 1.807) is 0 Å². The number of rotatable bonds is 0. The fraction of sp³-hybridized carbons (Fsp3) is 1.00. The van der Waals surface area contributed by atoms with Crippen molar-refractivity contribution in [3.8, 4) is 0 Å². The molecule has 0 bridgehead atoms. The van der Waals surface area contributed by atoms with Crippen LogP contribution in [0.2, 0.25) is 0 Å². The van der Waals surface area contributed by atoms with E-state index in [2.05, 4.69) is 16.1 Å². The monoisotopic (exact) mass is 129 g/mol. The quantitative estimate of drug-likeness (QED) is 0.369. The van der Waals surface area contributed by atoms with Crippen LogP contribution in [-0.4, -0.2) is 31.9 Å². The molecule has 2 unspecified atom stereocenters. The van der Waals surface area contributed by atoms with E-state index in [1.807, 2.05) is 0 Å². The van der Waals surface area contributed by atoms with E-state index < -0.39 is 0 Å². The van der Waals surface area contributed by atoms with Crippen molar-refractivity contribution < 1.29 is 4.84 Å². The Hall–Kier alpha value is -0.160. The lowest BCUT2D eigenvalue weighted by atomic mass is 10.2. The van der Waals surface area contributed by atoms with Gasteiger partial charge in [-0.25, -0.2) is 0 Å². The Labute approximate surface area is 53.9 Å². The highest BCUT2D eigenvalue weighted by atomic mass is 16.7. The first-order valence-electron chi connectivity index (χ1n) is 3.28. The van der Waals surface area contributed by atoms with Gasteiger partial charge in [-0.15, -0.1) is 0 Å². The van der Waals surface area contributed by atoms with Gasteiger partial charge in [-0.05, 0) is 0 Å². The molecule has 2 saturated heterocycles. The molecule has 2 fully saturated rings. The summed E-state index contributed by atoms with van der Waals surface area (Å²) in [6.07, 6.45) is 0. The third-order valence-corrected chi connectivity index (χ3v) is 1.87. The molecule has 52 valence electrons. The van der Waals surface area contributed by atoms with Crippen LogP contribution in [0.4, 0.5) is 0 Å². The lowest BCUT2D eigenvalue weighted by molar-refractivity contribution is -0.0343. The van der Waals surface area contributed by atoms with Gasteiger partial charge in [0.1, 0.15) is 6.73 Å². The van der Waals surface area contributed by atoms with Crippen LogP contribution >= 0.6 is 0 Å². The predicted octanol–water partition coefficient (Wildman–Crippen LogP) is -1.59. The predicted molar refractivity (Wildman–Crippen MR) is 32.7 cm³/mol. The van der Waals surface area contributed by atoms with Gasteiger partial charge < -0.3 is 5.32 Å². The summed E-state index contributed by atoms with van der Waals surface area (Å²) < 4.78 is 0. The Morgan fingerprint density at radius 1 is 1.22 bits per heavy atom. The van der Waals surface area contributed by atoms with Crippen molar-refractivity contribution in [2.75, 3.05) is 19.8 Å². The van der Waals surface area contributed by atoms with E-state index in [1.165, 1.54) is 0 Å². The van der Waals surface area contributed by atoms with Crippen molar-refractivity contribution in [3.63, 3.8) is 0 Å². The van der Waals surface area contributed by atoms with Crippen LogP contribution in [0.1, 0.15) is 0 Å². The van der Waals surface area contributed by atoms with Crippen LogP contribution in [-0.2, 0) is 4.84 Å². The summed E-state index contributed by atoms with van der Waals surface area (Å²) in [5.74, 6) is 0. The maximum absolute atomic E-state index is 4.98. The molecule has 0 radical (unpaired) electrons. The summed E-state index contributed by atoms with van der Waals surface area (Å²) in [6, 6.07) is 1.04. The van der Waals surface area contributed by atoms with E-state index >= 15 is 0 Å². The molecular formula is C5H11N3O. The van der Waals surface area contributed by atoms with E-state index in [0.29, 0.717) is 18.8 Å². The topological polar surface area (TPSA) is 45.3 Å². The fourth-order valence-corrected chi connectivity index (χ4v) is 1.31. The molecule has 2 rings (SSSR count). The van der Waals surface area contributed by atoms with Crippen molar-refractivity contribution in [2.24, 2.45) is 0 Å². The van der Waals surface area contributed by atoms with Gasteiger partial charge in [0.15, 0.2) is 0 Å². The molecule has 0 spiro atoms. The van der Waals surface area contributed by atoms with Crippen molar-refractivity contribution >= 4 is 0 Å². The lowest BCUT2D eigenvalue weighted by Crippen LogP contribution is -2.53. The summed E-state index contributed by atoms with van der Waals surface area (Å²) in [5.41, 5.74) is 2.96. The molecule has 2 aliphatic heterocycles. The van der Waals surface area contributed by atoms with Gasteiger partial charge in [0.05, 0.1) is 6.04 Å². The van der Waals surface area contributed by atoms with Gasteiger partial charge in [0.2, 0.25) is 0 Å². The molecule has 2 heterocycles. The molecule has 4 heteroatoms. The summed E-state index contributed by atoms with van der Waals surface area (Å²) in [7, 11) is 0. The Balaban J connectivity index is 1.97. The van der Waals surface area contributed by atoms with Crippen LogP contribution in [0.15, 0.2) is 0 Å². The Morgan fingerprint density at radius 3 is 3.00 bits per heavy atom. The average molecular weight is 129 g/mol. The first-order valence-corrected chi connectivity index (χ1v) is 3.28. The van der Waals surface area contributed by atoms with E-state index in [9.17, 15) is 0 Å². The van der Waals surface area contributed by atoms with Gasteiger partial charge in [-0.1, -0.05) is 0 Å². The van der Waals surface area contributed by atoms with Gasteiger partial charge >= 0.3 is 0 Å². The molecule has 0 aromatic heterocycles. The molecule has 2 atom stereocenters. The van der Waals surface area contributed by atoms with Gasteiger partial charge in [-0.2, -0.15) is 5.48 Å². The van der Waals surface area contributed by atoms with Gasteiger partial charge in [0.25, 0.3) is 0 Å². The Kier molecular flexibility index (Phi) is 1.39. The van der Waals surface area contributed by atoms with Crippen molar-refractivity contribution in [1.29, 1.82) is 0 Å². The number of hydrogen-bond acceptors (Lipinski definition) is 4. The first-order chi connectivity index (χ1) is 4.47. The van der Waals surface area contributed by atoms with Gasteiger partial charge in [-0.3, -0.25) is 10.2 Å². The normalized spacial score (nSPS) is 42.7. The second-order valence-corrected chi connectivity index (χ2v) is 2.48. The molecular weight excluding hydrogens is 118 g/mol. The number of nitrogens with one attached hydrogen (secondary N) is 3. The minimum absolute atomic E-state index is 0.471. The summed E-state index contributed by atoms with van der Waals surface area (Å²) in [4.78, 5) is 4.98. The summed E-state index contributed by atoms with van der Waals surface area (Å²) >= 11 is 0. The molecule has 2 aliphatic rings. The number of fused-ring (bicyclic) bond motifs is 1. The fourth-order valence-electron chi connectivity index (χ4n) is 1.31. The average Bonchev–Trinajstić information content (AvgIpc) is 2.33.